The molecule has 21 heavy (non-hydrogen) atoms. The van der Waals surface area contributed by atoms with Crippen molar-refractivity contribution in [1.29, 1.82) is 0 Å². The van der Waals surface area contributed by atoms with Crippen LogP contribution in [0.3, 0.4) is 0 Å². The zero-order valence-electron chi connectivity index (χ0n) is 12.0. The SMILES string of the molecule is O=C(NCC1(CCl)CCCCC1)c1csc2ccccc12. The standard InChI is InChI=1S/C17H20ClNOS/c18-11-17(8-4-1-5-9-17)12-19-16(20)14-10-21-15-7-3-2-6-13(14)15/h2-3,6-7,10H,1,4-5,8-9,11-12H2,(H,19,20). The molecule has 0 saturated heterocycles. The van der Waals surface area contributed by atoms with Crippen LogP contribution in [0.1, 0.15) is 42.5 Å². The van der Waals surface area contributed by atoms with Crippen LogP contribution >= 0.6 is 22.9 Å². The fourth-order valence-corrected chi connectivity index (χ4v) is 4.48. The average molecular weight is 322 g/mol. The number of carbonyl (C=O) groups excluding carboxylic acids is 1. The van der Waals surface area contributed by atoms with Crippen molar-refractivity contribution in [2.24, 2.45) is 5.41 Å². The molecule has 1 aliphatic carbocycles. The second-order valence-corrected chi connectivity index (χ2v) is 7.20. The molecule has 1 heterocycles. The fraction of sp³-hybridized carbons (Fsp3) is 0.471. The van der Waals surface area contributed by atoms with E-state index in [4.69, 9.17) is 11.6 Å². The van der Waals surface area contributed by atoms with E-state index >= 15 is 0 Å². The van der Waals surface area contributed by atoms with Gasteiger partial charge in [-0.05, 0) is 18.9 Å². The maximum Gasteiger partial charge on any atom is 0.252 e. The molecular formula is C17H20ClNOS. The number of amides is 1. The summed E-state index contributed by atoms with van der Waals surface area (Å²) >= 11 is 7.81. The molecule has 1 fully saturated rings. The lowest BCUT2D eigenvalue weighted by atomic mass is 9.75. The van der Waals surface area contributed by atoms with Gasteiger partial charge in [-0.3, -0.25) is 4.79 Å². The highest BCUT2D eigenvalue weighted by Crippen LogP contribution is 2.37. The summed E-state index contributed by atoms with van der Waals surface area (Å²) in [5.41, 5.74) is 0.887. The van der Waals surface area contributed by atoms with Gasteiger partial charge in [0, 0.05) is 33.3 Å². The average Bonchev–Trinajstić information content (AvgIpc) is 2.98. The fourth-order valence-electron chi connectivity index (χ4n) is 3.18. The molecule has 1 amide bonds. The van der Waals surface area contributed by atoms with E-state index in [1.54, 1.807) is 11.3 Å². The number of rotatable bonds is 4. The molecule has 2 aromatic rings. The first-order chi connectivity index (χ1) is 10.2. The molecule has 1 saturated carbocycles. The van der Waals surface area contributed by atoms with Gasteiger partial charge in [-0.25, -0.2) is 0 Å². The summed E-state index contributed by atoms with van der Waals surface area (Å²) in [5.74, 6) is 0.667. The van der Waals surface area contributed by atoms with Crippen molar-refractivity contribution in [3.63, 3.8) is 0 Å². The number of carbonyl (C=O) groups is 1. The Labute approximate surface area is 134 Å². The van der Waals surface area contributed by atoms with Gasteiger partial charge in [0.25, 0.3) is 5.91 Å². The Morgan fingerprint density at radius 3 is 2.76 bits per heavy atom. The van der Waals surface area contributed by atoms with E-state index in [1.165, 1.54) is 19.3 Å². The van der Waals surface area contributed by atoms with E-state index in [2.05, 4.69) is 11.4 Å². The second-order valence-electron chi connectivity index (χ2n) is 6.02. The predicted octanol–water partition coefficient (Wildman–Crippen LogP) is 4.82. The van der Waals surface area contributed by atoms with Crippen LogP contribution in [0, 0.1) is 5.41 Å². The molecule has 1 N–H and O–H groups in total. The van der Waals surface area contributed by atoms with Gasteiger partial charge < -0.3 is 5.32 Å². The van der Waals surface area contributed by atoms with Gasteiger partial charge in [-0.2, -0.15) is 0 Å². The molecule has 0 unspecified atom stereocenters. The first-order valence-corrected chi connectivity index (χ1v) is 8.96. The third-order valence-corrected chi connectivity index (χ3v) is 6.08. The minimum absolute atomic E-state index is 0.0301. The minimum atomic E-state index is 0.0301. The van der Waals surface area contributed by atoms with Gasteiger partial charge in [0.15, 0.2) is 0 Å². The molecule has 0 spiro atoms. The van der Waals surface area contributed by atoms with E-state index in [0.29, 0.717) is 12.4 Å². The molecule has 2 nitrogen and oxygen atoms in total. The maximum atomic E-state index is 12.5. The van der Waals surface area contributed by atoms with Crippen LogP contribution in [0.5, 0.6) is 0 Å². The molecule has 1 aromatic carbocycles. The van der Waals surface area contributed by atoms with E-state index in [9.17, 15) is 4.79 Å². The van der Waals surface area contributed by atoms with Crippen molar-refractivity contribution in [2.45, 2.75) is 32.1 Å². The molecule has 1 aliphatic rings. The summed E-state index contributed by atoms with van der Waals surface area (Å²) in [6.45, 7) is 0.694. The Kier molecular flexibility index (Phi) is 4.51. The Balaban J connectivity index is 1.71. The lowest BCUT2D eigenvalue weighted by Crippen LogP contribution is -2.40. The summed E-state index contributed by atoms with van der Waals surface area (Å²) < 4.78 is 1.16. The van der Waals surface area contributed by atoms with Gasteiger partial charge in [-0.1, -0.05) is 37.5 Å². The molecule has 0 radical (unpaired) electrons. The highest BCUT2D eigenvalue weighted by Gasteiger charge is 2.31. The minimum Gasteiger partial charge on any atom is -0.351 e. The van der Waals surface area contributed by atoms with Gasteiger partial charge in [0.2, 0.25) is 0 Å². The molecule has 1 aromatic heterocycles. The highest BCUT2D eigenvalue weighted by atomic mass is 35.5. The summed E-state index contributed by atoms with van der Waals surface area (Å²) in [7, 11) is 0. The molecule has 0 atom stereocenters. The van der Waals surface area contributed by atoms with Gasteiger partial charge in [-0.15, -0.1) is 22.9 Å². The van der Waals surface area contributed by atoms with Crippen LogP contribution in [0.25, 0.3) is 10.1 Å². The van der Waals surface area contributed by atoms with E-state index < -0.39 is 0 Å². The first kappa shape index (κ1) is 14.9. The van der Waals surface area contributed by atoms with Gasteiger partial charge >= 0.3 is 0 Å². The van der Waals surface area contributed by atoms with Crippen molar-refractivity contribution in [3.8, 4) is 0 Å². The van der Waals surface area contributed by atoms with Crippen molar-refractivity contribution < 1.29 is 4.79 Å². The number of thiophene rings is 1. The third kappa shape index (κ3) is 3.09. The molecule has 0 bridgehead atoms. The topological polar surface area (TPSA) is 29.1 Å². The highest BCUT2D eigenvalue weighted by molar-refractivity contribution is 7.17. The lowest BCUT2D eigenvalue weighted by molar-refractivity contribution is 0.0923. The second kappa shape index (κ2) is 6.37. The number of hydrogen-bond donors (Lipinski definition) is 1. The van der Waals surface area contributed by atoms with Crippen molar-refractivity contribution in [2.75, 3.05) is 12.4 Å². The Morgan fingerprint density at radius 1 is 1.24 bits per heavy atom. The Morgan fingerprint density at radius 2 is 2.00 bits per heavy atom. The first-order valence-electron chi connectivity index (χ1n) is 7.55. The monoisotopic (exact) mass is 321 g/mol. The number of nitrogens with one attached hydrogen (secondary N) is 1. The zero-order valence-corrected chi connectivity index (χ0v) is 13.6. The third-order valence-electron chi connectivity index (χ3n) is 4.55. The number of fused-ring (bicyclic) bond motifs is 1. The zero-order chi connectivity index (χ0) is 14.7. The van der Waals surface area contributed by atoms with Crippen molar-refractivity contribution in [1.82, 2.24) is 5.32 Å². The molecule has 4 heteroatoms. The number of alkyl halides is 1. The quantitative estimate of drug-likeness (QED) is 0.804. The van der Waals surface area contributed by atoms with Crippen LogP contribution in [0.2, 0.25) is 0 Å². The van der Waals surface area contributed by atoms with Crippen molar-refractivity contribution in [3.05, 3.63) is 35.2 Å². The van der Waals surface area contributed by atoms with Crippen LogP contribution in [-0.4, -0.2) is 18.3 Å². The van der Waals surface area contributed by atoms with Gasteiger partial charge in [0.1, 0.15) is 0 Å². The number of benzene rings is 1. The predicted molar refractivity (Wildman–Crippen MR) is 90.4 cm³/mol. The largest absolute Gasteiger partial charge is 0.351 e. The number of hydrogen-bond acceptors (Lipinski definition) is 2. The smallest absolute Gasteiger partial charge is 0.252 e. The maximum absolute atomic E-state index is 12.5. The van der Waals surface area contributed by atoms with Crippen LogP contribution in [0.15, 0.2) is 29.6 Å². The Hall–Kier alpha value is -1.06. The van der Waals surface area contributed by atoms with E-state index in [-0.39, 0.29) is 11.3 Å². The molecule has 0 aliphatic heterocycles. The summed E-state index contributed by atoms with van der Waals surface area (Å²) in [4.78, 5) is 12.5. The van der Waals surface area contributed by atoms with Crippen LogP contribution < -0.4 is 5.32 Å². The summed E-state index contributed by atoms with van der Waals surface area (Å²) in [6, 6.07) is 8.05. The van der Waals surface area contributed by atoms with E-state index in [1.807, 2.05) is 23.6 Å². The number of halogens is 1. The summed E-state index contributed by atoms with van der Waals surface area (Å²) in [6.07, 6.45) is 6.00. The van der Waals surface area contributed by atoms with Crippen molar-refractivity contribution >= 4 is 38.9 Å². The normalized spacial score (nSPS) is 17.8. The molecule has 3 rings (SSSR count). The lowest BCUT2D eigenvalue weighted by Gasteiger charge is -2.35. The van der Waals surface area contributed by atoms with Crippen LogP contribution in [-0.2, 0) is 0 Å². The summed E-state index contributed by atoms with van der Waals surface area (Å²) in [5, 5.41) is 6.12. The Bertz CT molecular complexity index is 631. The van der Waals surface area contributed by atoms with E-state index in [0.717, 1.165) is 28.5 Å². The van der Waals surface area contributed by atoms with Crippen LogP contribution in [0.4, 0.5) is 0 Å². The van der Waals surface area contributed by atoms with Gasteiger partial charge in [0.05, 0.1) is 5.56 Å². The molecular weight excluding hydrogens is 302 g/mol. The molecule has 112 valence electrons.